The van der Waals surface area contributed by atoms with Gasteiger partial charge in [0, 0.05) is 29.9 Å². The quantitative estimate of drug-likeness (QED) is 0.763. The van der Waals surface area contributed by atoms with E-state index in [-0.39, 0.29) is 0 Å². The van der Waals surface area contributed by atoms with E-state index < -0.39 is 0 Å². The Morgan fingerprint density at radius 3 is 2.56 bits per heavy atom. The number of benzene rings is 1. The molecule has 3 heteroatoms. The molecule has 0 atom stereocenters. The molecule has 16 heavy (non-hydrogen) atoms. The lowest BCUT2D eigenvalue weighted by atomic mass is 10.2. The van der Waals surface area contributed by atoms with Gasteiger partial charge < -0.3 is 0 Å². The summed E-state index contributed by atoms with van der Waals surface area (Å²) in [5, 5.41) is 0.825. The highest BCUT2D eigenvalue weighted by atomic mass is 35.5. The van der Waals surface area contributed by atoms with Gasteiger partial charge in [0.05, 0.1) is 0 Å². The lowest BCUT2D eigenvalue weighted by molar-refractivity contribution is 0.272. The number of nitrogens with zero attached hydrogens (tertiary/aromatic N) is 1. The minimum absolute atomic E-state index is 0.825. The van der Waals surface area contributed by atoms with E-state index in [2.05, 4.69) is 23.3 Å². The molecule has 0 bridgehead atoms. The topological polar surface area (TPSA) is 3.24 Å². The number of hydrogen-bond acceptors (Lipinski definition) is 2. The van der Waals surface area contributed by atoms with Gasteiger partial charge in [-0.2, -0.15) is 11.8 Å². The Morgan fingerprint density at radius 2 is 2.00 bits per heavy atom. The third-order valence-electron chi connectivity index (χ3n) is 2.94. The van der Waals surface area contributed by atoms with Crippen LogP contribution in [0.4, 0.5) is 0 Å². The maximum Gasteiger partial charge on any atom is 0.0406 e. The molecule has 0 radical (unpaired) electrons. The van der Waals surface area contributed by atoms with Gasteiger partial charge in [-0.05, 0) is 36.8 Å². The van der Waals surface area contributed by atoms with Crippen molar-refractivity contribution in [3.63, 3.8) is 0 Å². The normalized spacial score (nSPS) is 15.7. The zero-order valence-corrected chi connectivity index (χ0v) is 11.2. The fourth-order valence-corrected chi connectivity index (χ4v) is 2.41. The highest BCUT2D eigenvalue weighted by Gasteiger charge is 2.28. The summed E-state index contributed by atoms with van der Waals surface area (Å²) in [5.74, 6) is 1.23. The monoisotopic (exact) mass is 255 g/mol. The molecule has 1 aromatic rings. The largest absolute Gasteiger partial charge is 0.295 e. The van der Waals surface area contributed by atoms with Crippen molar-refractivity contribution in [2.75, 3.05) is 18.6 Å². The zero-order valence-electron chi connectivity index (χ0n) is 9.66. The number of thioether (sulfide) groups is 1. The van der Waals surface area contributed by atoms with Gasteiger partial charge in [0.2, 0.25) is 0 Å². The summed E-state index contributed by atoms with van der Waals surface area (Å²) >= 11 is 7.82. The van der Waals surface area contributed by atoms with Gasteiger partial charge in [-0.3, -0.25) is 4.90 Å². The Hall–Kier alpha value is -0.180. The first-order valence-corrected chi connectivity index (χ1v) is 7.54. The third kappa shape index (κ3) is 3.69. The first-order chi connectivity index (χ1) is 7.79. The summed E-state index contributed by atoms with van der Waals surface area (Å²) in [6.07, 6.45) is 4.93. The molecular formula is C13H18ClNS. The predicted molar refractivity (Wildman–Crippen MR) is 73.3 cm³/mol. The summed E-state index contributed by atoms with van der Waals surface area (Å²) < 4.78 is 0. The number of rotatable bonds is 6. The highest BCUT2D eigenvalue weighted by Crippen LogP contribution is 2.28. The fourth-order valence-electron chi connectivity index (χ4n) is 1.86. The van der Waals surface area contributed by atoms with E-state index in [9.17, 15) is 0 Å². The molecule has 2 rings (SSSR count). The molecule has 1 aliphatic rings. The molecule has 0 spiro atoms. The third-order valence-corrected chi connectivity index (χ3v) is 3.79. The van der Waals surface area contributed by atoms with Crippen molar-refractivity contribution in [2.24, 2.45) is 0 Å². The summed E-state index contributed by atoms with van der Waals surface area (Å²) in [5.41, 5.74) is 1.37. The molecule has 1 fully saturated rings. The molecule has 0 aliphatic heterocycles. The molecule has 0 heterocycles. The number of hydrogen-bond donors (Lipinski definition) is 0. The van der Waals surface area contributed by atoms with Gasteiger partial charge in [0.1, 0.15) is 0 Å². The Kier molecular flexibility index (Phi) is 4.56. The van der Waals surface area contributed by atoms with Crippen LogP contribution in [0, 0.1) is 0 Å². The van der Waals surface area contributed by atoms with Gasteiger partial charge in [-0.25, -0.2) is 0 Å². The van der Waals surface area contributed by atoms with Crippen LogP contribution < -0.4 is 0 Å². The number of halogens is 1. The van der Waals surface area contributed by atoms with Crippen molar-refractivity contribution in [1.29, 1.82) is 0 Å². The molecular weight excluding hydrogens is 238 g/mol. The van der Waals surface area contributed by atoms with E-state index in [0.29, 0.717) is 0 Å². The smallest absolute Gasteiger partial charge is 0.0406 e. The Bertz CT molecular complexity index is 321. The molecule has 1 nitrogen and oxygen atoms in total. The molecule has 0 unspecified atom stereocenters. The van der Waals surface area contributed by atoms with E-state index in [1.54, 1.807) is 0 Å². The van der Waals surface area contributed by atoms with Crippen molar-refractivity contribution in [2.45, 2.75) is 25.4 Å². The lowest BCUT2D eigenvalue weighted by Gasteiger charge is -2.21. The van der Waals surface area contributed by atoms with Crippen LogP contribution in [0.1, 0.15) is 18.4 Å². The fraction of sp³-hybridized carbons (Fsp3) is 0.538. The van der Waals surface area contributed by atoms with Crippen molar-refractivity contribution < 1.29 is 0 Å². The van der Waals surface area contributed by atoms with Gasteiger partial charge in [0.25, 0.3) is 0 Å². The van der Waals surface area contributed by atoms with E-state index >= 15 is 0 Å². The molecule has 1 saturated carbocycles. The maximum absolute atomic E-state index is 5.89. The van der Waals surface area contributed by atoms with Crippen LogP contribution in [-0.2, 0) is 6.54 Å². The van der Waals surface area contributed by atoms with Crippen molar-refractivity contribution in [3.05, 3.63) is 34.9 Å². The average molecular weight is 256 g/mol. The summed E-state index contributed by atoms with van der Waals surface area (Å²) in [7, 11) is 0. The minimum atomic E-state index is 0.825. The Labute approximate surface area is 107 Å². The highest BCUT2D eigenvalue weighted by molar-refractivity contribution is 7.98. The van der Waals surface area contributed by atoms with Crippen LogP contribution in [0.25, 0.3) is 0 Å². The van der Waals surface area contributed by atoms with Crippen LogP contribution in [0.3, 0.4) is 0 Å². The van der Waals surface area contributed by atoms with E-state index in [1.807, 2.05) is 23.9 Å². The maximum atomic E-state index is 5.89. The molecule has 88 valence electrons. The second-order valence-corrected chi connectivity index (χ2v) is 5.74. The Balaban J connectivity index is 1.91. The molecule has 0 amide bonds. The second kappa shape index (κ2) is 5.95. The van der Waals surface area contributed by atoms with Gasteiger partial charge in [-0.1, -0.05) is 23.7 Å². The van der Waals surface area contributed by atoms with Gasteiger partial charge >= 0.3 is 0 Å². The van der Waals surface area contributed by atoms with Crippen LogP contribution in [0.2, 0.25) is 5.02 Å². The molecule has 0 N–H and O–H groups in total. The zero-order chi connectivity index (χ0) is 11.4. The van der Waals surface area contributed by atoms with Crippen LogP contribution in [-0.4, -0.2) is 29.5 Å². The van der Waals surface area contributed by atoms with Crippen LogP contribution >= 0.6 is 23.4 Å². The van der Waals surface area contributed by atoms with E-state index in [4.69, 9.17) is 11.6 Å². The van der Waals surface area contributed by atoms with Crippen molar-refractivity contribution in [3.8, 4) is 0 Å². The van der Waals surface area contributed by atoms with Gasteiger partial charge in [0.15, 0.2) is 0 Å². The molecule has 1 aliphatic carbocycles. The predicted octanol–water partition coefficient (Wildman–Crippen LogP) is 3.67. The summed E-state index contributed by atoms with van der Waals surface area (Å²) in [6.45, 7) is 2.27. The van der Waals surface area contributed by atoms with E-state index in [0.717, 1.165) is 17.6 Å². The molecule has 1 aromatic carbocycles. The summed E-state index contributed by atoms with van der Waals surface area (Å²) in [4.78, 5) is 2.60. The summed E-state index contributed by atoms with van der Waals surface area (Å²) in [6, 6.07) is 9.07. The second-order valence-electron chi connectivity index (χ2n) is 4.32. The average Bonchev–Trinajstić information content (AvgIpc) is 3.11. The first-order valence-electron chi connectivity index (χ1n) is 5.77. The van der Waals surface area contributed by atoms with Crippen molar-refractivity contribution in [1.82, 2.24) is 4.90 Å². The van der Waals surface area contributed by atoms with Gasteiger partial charge in [-0.15, -0.1) is 0 Å². The van der Waals surface area contributed by atoms with Crippen LogP contribution in [0.5, 0.6) is 0 Å². The molecule has 0 saturated heterocycles. The minimum Gasteiger partial charge on any atom is -0.295 e. The van der Waals surface area contributed by atoms with E-state index in [1.165, 1.54) is 30.7 Å². The molecule has 0 aromatic heterocycles. The first kappa shape index (κ1) is 12.3. The SMILES string of the molecule is CSCCN(Cc1ccc(Cl)cc1)C1CC1. The lowest BCUT2D eigenvalue weighted by Crippen LogP contribution is -2.27. The standard InChI is InChI=1S/C13H18ClNS/c1-16-9-8-15(13-6-7-13)10-11-2-4-12(14)5-3-11/h2-5,13H,6-10H2,1H3. The van der Waals surface area contributed by atoms with Crippen LogP contribution in [0.15, 0.2) is 24.3 Å². The van der Waals surface area contributed by atoms with Crippen molar-refractivity contribution >= 4 is 23.4 Å². The Morgan fingerprint density at radius 1 is 1.31 bits per heavy atom.